The summed E-state index contributed by atoms with van der Waals surface area (Å²) in [7, 11) is 9.06. The van der Waals surface area contributed by atoms with Crippen molar-refractivity contribution in [2.24, 2.45) is 5.92 Å². The summed E-state index contributed by atoms with van der Waals surface area (Å²) in [4.78, 5) is 7.51. The summed E-state index contributed by atoms with van der Waals surface area (Å²) in [6.07, 6.45) is 2.74. The van der Waals surface area contributed by atoms with Gasteiger partial charge in [-0.15, -0.1) is 0 Å². The number of hydrogen-bond acceptors (Lipinski definition) is 4. The zero-order chi connectivity index (χ0) is 13.1. The molecule has 0 spiro atoms. The summed E-state index contributed by atoms with van der Waals surface area (Å²) in [5, 5.41) is 3.57. The highest BCUT2D eigenvalue weighted by Crippen LogP contribution is 2.25. The van der Waals surface area contributed by atoms with E-state index in [9.17, 15) is 0 Å². The van der Waals surface area contributed by atoms with Crippen LogP contribution in [0, 0.1) is 5.92 Å². The summed E-state index contributed by atoms with van der Waals surface area (Å²) in [5.74, 6) is 0.811. The van der Waals surface area contributed by atoms with Gasteiger partial charge in [-0.2, -0.15) is 0 Å². The average molecular weight is 254 g/mol. The first-order valence-electron chi connectivity index (χ1n) is 7.35. The quantitative estimate of drug-likeness (QED) is 0.774. The van der Waals surface area contributed by atoms with E-state index in [1.807, 2.05) is 0 Å². The van der Waals surface area contributed by atoms with Gasteiger partial charge in [0.05, 0.1) is 0 Å². The fraction of sp³-hybridized carbons (Fsp3) is 1.00. The fourth-order valence-corrected chi connectivity index (χ4v) is 3.77. The number of piperazine rings is 1. The molecule has 2 aliphatic heterocycles. The minimum Gasteiger partial charge on any atom is -0.314 e. The van der Waals surface area contributed by atoms with Gasteiger partial charge in [-0.3, -0.25) is 4.90 Å². The molecule has 0 aliphatic carbocycles. The topological polar surface area (TPSA) is 21.8 Å². The molecular formula is C14H30N4. The molecule has 0 radical (unpaired) electrons. The first-order chi connectivity index (χ1) is 8.59. The van der Waals surface area contributed by atoms with Crippen LogP contribution in [0.1, 0.15) is 12.8 Å². The van der Waals surface area contributed by atoms with Gasteiger partial charge in [0.15, 0.2) is 0 Å². The lowest BCUT2D eigenvalue weighted by Crippen LogP contribution is -2.61. The molecule has 3 unspecified atom stereocenters. The van der Waals surface area contributed by atoms with Crippen LogP contribution in [0.3, 0.4) is 0 Å². The molecule has 2 fully saturated rings. The van der Waals surface area contributed by atoms with Gasteiger partial charge in [-0.25, -0.2) is 0 Å². The predicted octanol–water partition coefficient (Wildman–Crippen LogP) is 0.162. The minimum absolute atomic E-state index is 0.658. The van der Waals surface area contributed by atoms with Gasteiger partial charge in [0, 0.05) is 38.3 Å². The Morgan fingerprint density at radius 3 is 2.61 bits per heavy atom. The van der Waals surface area contributed by atoms with Gasteiger partial charge in [0.2, 0.25) is 0 Å². The van der Waals surface area contributed by atoms with Crippen LogP contribution in [0.4, 0.5) is 0 Å². The molecule has 3 atom stereocenters. The van der Waals surface area contributed by atoms with Gasteiger partial charge in [0.25, 0.3) is 0 Å². The Balaban J connectivity index is 2.06. The molecule has 4 nitrogen and oxygen atoms in total. The Morgan fingerprint density at radius 1 is 1.22 bits per heavy atom. The van der Waals surface area contributed by atoms with Crippen LogP contribution < -0.4 is 5.32 Å². The SMILES string of the molecule is CN1CCCC(C(C2CNCCN2C)N(C)C)C1. The molecule has 4 heteroatoms. The summed E-state index contributed by atoms with van der Waals surface area (Å²) in [6, 6.07) is 1.33. The maximum absolute atomic E-state index is 3.57. The molecule has 2 rings (SSSR count). The molecule has 0 aromatic rings. The van der Waals surface area contributed by atoms with E-state index in [1.165, 1.54) is 32.5 Å². The third-order valence-corrected chi connectivity index (χ3v) is 4.70. The smallest absolute Gasteiger partial charge is 0.0376 e. The first kappa shape index (κ1) is 14.3. The minimum atomic E-state index is 0.658. The Kier molecular flexibility index (Phi) is 5.01. The molecule has 2 aliphatic rings. The zero-order valence-corrected chi connectivity index (χ0v) is 12.5. The van der Waals surface area contributed by atoms with E-state index >= 15 is 0 Å². The normalized spacial score (nSPS) is 33.8. The number of nitrogens with one attached hydrogen (secondary N) is 1. The van der Waals surface area contributed by atoms with E-state index in [1.54, 1.807) is 0 Å². The average Bonchev–Trinajstić information content (AvgIpc) is 2.32. The lowest BCUT2D eigenvalue weighted by Gasteiger charge is -2.47. The van der Waals surface area contributed by atoms with E-state index in [2.05, 4.69) is 48.2 Å². The summed E-state index contributed by atoms with van der Waals surface area (Å²) in [6.45, 7) is 5.98. The van der Waals surface area contributed by atoms with Crippen LogP contribution in [0.25, 0.3) is 0 Å². The van der Waals surface area contributed by atoms with Gasteiger partial charge in [-0.1, -0.05) is 0 Å². The summed E-state index contributed by atoms with van der Waals surface area (Å²) < 4.78 is 0. The van der Waals surface area contributed by atoms with E-state index < -0.39 is 0 Å². The Morgan fingerprint density at radius 2 is 2.00 bits per heavy atom. The zero-order valence-electron chi connectivity index (χ0n) is 12.5. The molecular weight excluding hydrogens is 224 g/mol. The standard InChI is InChI=1S/C14H30N4/c1-16(2)14(12-6-5-8-17(3)11-12)13-10-15-7-9-18(13)4/h12-15H,5-11H2,1-4H3. The highest BCUT2D eigenvalue weighted by atomic mass is 15.3. The maximum Gasteiger partial charge on any atom is 0.0376 e. The second kappa shape index (κ2) is 6.33. The highest BCUT2D eigenvalue weighted by molar-refractivity contribution is 4.94. The molecule has 2 saturated heterocycles. The van der Waals surface area contributed by atoms with Crippen LogP contribution in [-0.2, 0) is 0 Å². The van der Waals surface area contributed by atoms with Crippen molar-refractivity contribution in [1.29, 1.82) is 0 Å². The van der Waals surface area contributed by atoms with Crippen LogP contribution in [0.5, 0.6) is 0 Å². The van der Waals surface area contributed by atoms with Crippen molar-refractivity contribution in [3.05, 3.63) is 0 Å². The van der Waals surface area contributed by atoms with Crippen molar-refractivity contribution in [3.8, 4) is 0 Å². The third-order valence-electron chi connectivity index (χ3n) is 4.70. The first-order valence-corrected chi connectivity index (χ1v) is 7.35. The molecule has 18 heavy (non-hydrogen) atoms. The van der Waals surface area contributed by atoms with E-state index in [0.29, 0.717) is 12.1 Å². The molecule has 0 saturated carbocycles. The van der Waals surface area contributed by atoms with E-state index in [0.717, 1.165) is 19.0 Å². The summed E-state index contributed by atoms with van der Waals surface area (Å²) >= 11 is 0. The molecule has 2 heterocycles. The lowest BCUT2D eigenvalue weighted by atomic mass is 9.84. The van der Waals surface area contributed by atoms with Gasteiger partial charge in [-0.05, 0) is 53.5 Å². The number of piperidine rings is 1. The Bertz CT molecular complexity index is 256. The number of likely N-dealkylation sites (tertiary alicyclic amines) is 1. The second-order valence-corrected chi connectivity index (χ2v) is 6.37. The molecule has 0 aromatic heterocycles. The van der Waals surface area contributed by atoms with Gasteiger partial charge in [0.1, 0.15) is 0 Å². The number of likely N-dealkylation sites (N-methyl/N-ethyl adjacent to an activating group) is 2. The molecule has 106 valence electrons. The Hall–Kier alpha value is -0.160. The number of nitrogens with zero attached hydrogens (tertiary/aromatic N) is 3. The monoisotopic (exact) mass is 254 g/mol. The van der Waals surface area contributed by atoms with Crippen molar-refractivity contribution in [1.82, 2.24) is 20.0 Å². The van der Waals surface area contributed by atoms with Crippen LogP contribution in [0.2, 0.25) is 0 Å². The van der Waals surface area contributed by atoms with Crippen molar-refractivity contribution in [2.45, 2.75) is 24.9 Å². The highest BCUT2D eigenvalue weighted by Gasteiger charge is 2.36. The molecule has 0 aromatic carbocycles. The number of hydrogen-bond donors (Lipinski definition) is 1. The van der Waals surface area contributed by atoms with E-state index in [4.69, 9.17) is 0 Å². The van der Waals surface area contributed by atoms with E-state index in [-0.39, 0.29) is 0 Å². The second-order valence-electron chi connectivity index (χ2n) is 6.37. The van der Waals surface area contributed by atoms with Crippen molar-refractivity contribution in [2.75, 3.05) is 60.9 Å². The molecule has 1 N–H and O–H groups in total. The number of rotatable bonds is 3. The van der Waals surface area contributed by atoms with Crippen molar-refractivity contribution < 1.29 is 0 Å². The molecule has 0 amide bonds. The van der Waals surface area contributed by atoms with Crippen LogP contribution >= 0.6 is 0 Å². The van der Waals surface area contributed by atoms with Crippen LogP contribution in [0.15, 0.2) is 0 Å². The van der Waals surface area contributed by atoms with Crippen molar-refractivity contribution >= 4 is 0 Å². The third kappa shape index (κ3) is 3.23. The van der Waals surface area contributed by atoms with Gasteiger partial charge < -0.3 is 15.1 Å². The van der Waals surface area contributed by atoms with Crippen LogP contribution in [-0.4, -0.2) is 87.7 Å². The largest absolute Gasteiger partial charge is 0.314 e. The summed E-state index contributed by atoms with van der Waals surface area (Å²) in [5.41, 5.74) is 0. The van der Waals surface area contributed by atoms with Crippen molar-refractivity contribution in [3.63, 3.8) is 0 Å². The van der Waals surface area contributed by atoms with Gasteiger partial charge >= 0.3 is 0 Å². The lowest BCUT2D eigenvalue weighted by molar-refractivity contribution is 0.0422. The predicted molar refractivity (Wildman–Crippen MR) is 77.0 cm³/mol. The molecule has 0 bridgehead atoms. The fourth-order valence-electron chi connectivity index (χ4n) is 3.77. The Labute approximate surface area is 112 Å². The maximum atomic E-state index is 3.57.